The summed E-state index contributed by atoms with van der Waals surface area (Å²) in [5, 5.41) is 16.6. The number of aryl methyl sites for hydroxylation is 1. The van der Waals surface area contributed by atoms with E-state index in [0.717, 1.165) is 43.3 Å². The standard InChI is InChI=1S/C20H21N9/c1-27-11-15(10-24-27)25-20-23-7-5-18(26-20)28-12-16-2-3-17(13-28)29(16)19-8-14(9-21)4-6-22-19/h4-8,10-11,16-17H,2-3,12-13H2,1H3,(H,23,25,26)/t16-,17?/m1/s1. The predicted octanol–water partition coefficient (Wildman–Crippen LogP) is 2.08. The van der Waals surface area contributed by atoms with E-state index in [-0.39, 0.29) is 0 Å². The van der Waals surface area contributed by atoms with Crippen LogP contribution < -0.4 is 15.1 Å². The van der Waals surface area contributed by atoms with Crippen LogP contribution >= 0.6 is 0 Å². The number of fused-ring (bicyclic) bond motifs is 2. The maximum Gasteiger partial charge on any atom is 0.229 e. The molecule has 0 radical (unpaired) electrons. The van der Waals surface area contributed by atoms with E-state index in [2.05, 4.69) is 36.3 Å². The van der Waals surface area contributed by atoms with Gasteiger partial charge in [-0.2, -0.15) is 15.3 Å². The molecule has 3 aromatic heterocycles. The lowest BCUT2D eigenvalue weighted by atomic mass is 10.1. The minimum Gasteiger partial charge on any atom is -0.352 e. The highest BCUT2D eigenvalue weighted by atomic mass is 15.4. The molecule has 2 saturated heterocycles. The maximum absolute atomic E-state index is 9.20. The zero-order valence-corrected chi connectivity index (χ0v) is 16.1. The first-order valence-electron chi connectivity index (χ1n) is 9.68. The number of nitriles is 1. The van der Waals surface area contributed by atoms with Crippen molar-refractivity contribution < 1.29 is 0 Å². The highest BCUT2D eigenvalue weighted by molar-refractivity contribution is 5.55. The smallest absolute Gasteiger partial charge is 0.229 e. The zero-order chi connectivity index (χ0) is 19.8. The Bertz CT molecular complexity index is 1060. The number of hydrogen-bond acceptors (Lipinski definition) is 8. The Labute approximate surface area is 168 Å². The van der Waals surface area contributed by atoms with Crippen molar-refractivity contribution in [1.29, 1.82) is 5.26 Å². The molecule has 5 heterocycles. The first-order chi connectivity index (χ1) is 14.2. The molecule has 146 valence electrons. The summed E-state index contributed by atoms with van der Waals surface area (Å²) in [7, 11) is 1.87. The molecule has 2 atom stereocenters. The van der Waals surface area contributed by atoms with Gasteiger partial charge in [0.1, 0.15) is 11.6 Å². The Morgan fingerprint density at radius 2 is 1.90 bits per heavy atom. The lowest BCUT2D eigenvalue weighted by Gasteiger charge is -2.42. The van der Waals surface area contributed by atoms with E-state index >= 15 is 0 Å². The van der Waals surface area contributed by atoms with Gasteiger partial charge < -0.3 is 15.1 Å². The Morgan fingerprint density at radius 3 is 2.62 bits per heavy atom. The van der Waals surface area contributed by atoms with Crippen molar-refractivity contribution in [1.82, 2.24) is 24.7 Å². The third-order valence-corrected chi connectivity index (χ3v) is 5.55. The average Bonchev–Trinajstić information content (AvgIpc) is 3.27. The summed E-state index contributed by atoms with van der Waals surface area (Å²) in [5.74, 6) is 2.38. The van der Waals surface area contributed by atoms with Gasteiger partial charge in [0, 0.05) is 50.8 Å². The van der Waals surface area contributed by atoms with Crippen molar-refractivity contribution in [2.75, 3.05) is 28.2 Å². The minimum atomic E-state index is 0.361. The molecule has 5 rings (SSSR count). The van der Waals surface area contributed by atoms with Gasteiger partial charge in [0.25, 0.3) is 0 Å². The molecule has 2 fully saturated rings. The molecule has 1 unspecified atom stereocenters. The number of anilines is 4. The number of rotatable bonds is 4. The van der Waals surface area contributed by atoms with Gasteiger partial charge in [-0.3, -0.25) is 4.68 Å². The third kappa shape index (κ3) is 3.33. The molecule has 0 saturated carbocycles. The molecule has 0 aliphatic carbocycles. The quantitative estimate of drug-likeness (QED) is 0.726. The molecule has 2 aliphatic rings. The number of hydrogen-bond donors (Lipinski definition) is 1. The summed E-state index contributed by atoms with van der Waals surface area (Å²) in [6.07, 6.45) is 9.37. The number of nitrogens with one attached hydrogen (secondary N) is 1. The predicted molar refractivity (Wildman–Crippen MR) is 109 cm³/mol. The molecule has 0 spiro atoms. The Hall–Kier alpha value is -3.67. The van der Waals surface area contributed by atoms with Gasteiger partial charge in [0.05, 0.1) is 23.5 Å². The summed E-state index contributed by atoms with van der Waals surface area (Å²) < 4.78 is 1.73. The van der Waals surface area contributed by atoms with Crippen LogP contribution in [-0.4, -0.2) is 49.9 Å². The molecule has 1 N–H and O–H groups in total. The Balaban J connectivity index is 1.34. The van der Waals surface area contributed by atoms with Gasteiger partial charge in [-0.15, -0.1) is 0 Å². The van der Waals surface area contributed by atoms with Crippen LogP contribution in [0.3, 0.4) is 0 Å². The van der Waals surface area contributed by atoms with Crippen molar-refractivity contribution in [3.05, 3.63) is 48.5 Å². The van der Waals surface area contributed by atoms with E-state index in [1.807, 2.05) is 25.4 Å². The number of aromatic nitrogens is 5. The molecule has 29 heavy (non-hydrogen) atoms. The molecular formula is C20H21N9. The molecule has 9 heteroatoms. The van der Waals surface area contributed by atoms with Crippen LogP contribution in [0.4, 0.5) is 23.3 Å². The van der Waals surface area contributed by atoms with Crippen LogP contribution in [-0.2, 0) is 7.05 Å². The SMILES string of the molecule is Cn1cc(Nc2nccc(N3CC4CC[C@H](C3)N4c3cc(C#N)ccn3)n2)cn1. The summed E-state index contributed by atoms with van der Waals surface area (Å²) in [6, 6.07) is 8.53. The van der Waals surface area contributed by atoms with Gasteiger partial charge in [-0.1, -0.05) is 0 Å². The monoisotopic (exact) mass is 387 g/mol. The van der Waals surface area contributed by atoms with Crippen molar-refractivity contribution in [2.24, 2.45) is 7.05 Å². The van der Waals surface area contributed by atoms with E-state index < -0.39 is 0 Å². The third-order valence-electron chi connectivity index (χ3n) is 5.55. The molecule has 0 aromatic carbocycles. The van der Waals surface area contributed by atoms with Gasteiger partial charge in [0.2, 0.25) is 5.95 Å². The molecular weight excluding hydrogens is 366 g/mol. The topological polar surface area (TPSA) is 98.8 Å². The minimum absolute atomic E-state index is 0.361. The fraction of sp³-hybridized carbons (Fsp3) is 0.350. The van der Waals surface area contributed by atoms with E-state index in [9.17, 15) is 5.26 Å². The summed E-state index contributed by atoms with van der Waals surface area (Å²) in [5.41, 5.74) is 1.51. The summed E-state index contributed by atoms with van der Waals surface area (Å²) in [4.78, 5) is 18.3. The van der Waals surface area contributed by atoms with Gasteiger partial charge >= 0.3 is 0 Å². The number of pyridine rings is 1. The van der Waals surface area contributed by atoms with Crippen LogP contribution in [0.25, 0.3) is 0 Å². The van der Waals surface area contributed by atoms with Crippen molar-refractivity contribution in [3.8, 4) is 6.07 Å². The van der Waals surface area contributed by atoms with Crippen molar-refractivity contribution >= 4 is 23.3 Å². The summed E-state index contributed by atoms with van der Waals surface area (Å²) >= 11 is 0. The van der Waals surface area contributed by atoms with E-state index in [0.29, 0.717) is 23.6 Å². The molecule has 0 amide bonds. The van der Waals surface area contributed by atoms with E-state index in [1.54, 1.807) is 29.3 Å². The zero-order valence-electron chi connectivity index (χ0n) is 16.1. The second kappa shape index (κ2) is 7.05. The Kier molecular flexibility index (Phi) is 4.24. The molecule has 9 nitrogen and oxygen atoms in total. The number of nitrogens with zero attached hydrogens (tertiary/aromatic N) is 8. The summed E-state index contributed by atoms with van der Waals surface area (Å²) in [6.45, 7) is 1.75. The van der Waals surface area contributed by atoms with Gasteiger partial charge in [-0.05, 0) is 31.0 Å². The molecule has 3 aromatic rings. The maximum atomic E-state index is 9.20. The average molecular weight is 387 g/mol. The second-order valence-corrected chi connectivity index (χ2v) is 7.48. The first kappa shape index (κ1) is 17.4. The van der Waals surface area contributed by atoms with Gasteiger partial charge in [-0.25, -0.2) is 9.97 Å². The largest absolute Gasteiger partial charge is 0.352 e. The molecule has 2 bridgehead atoms. The highest BCUT2D eigenvalue weighted by Gasteiger charge is 2.41. The fourth-order valence-corrected chi connectivity index (χ4v) is 4.29. The van der Waals surface area contributed by atoms with Gasteiger partial charge in [0.15, 0.2) is 0 Å². The second-order valence-electron chi connectivity index (χ2n) is 7.48. The van der Waals surface area contributed by atoms with Crippen LogP contribution in [0.15, 0.2) is 43.0 Å². The fourth-order valence-electron chi connectivity index (χ4n) is 4.29. The Morgan fingerprint density at radius 1 is 1.10 bits per heavy atom. The lowest BCUT2D eigenvalue weighted by Crippen LogP contribution is -2.54. The van der Waals surface area contributed by atoms with Crippen LogP contribution in [0.5, 0.6) is 0 Å². The van der Waals surface area contributed by atoms with Crippen LogP contribution in [0.2, 0.25) is 0 Å². The van der Waals surface area contributed by atoms with Crippen molar-refractivity contribution in [3.63, 3.8) is 0 Å². The highest BCUT2D eigenvalue weighted by Crippen LogP contribution is 2.35. The van der Waals surface area contributed by atoms with E-state index in [1.165, 1.54) is 0 Å². The lowest BCUT2D eigenvalue weighted by molar-refractivity contribution is 0.527. The van der Waals surface area contributed by atoms with E-state index in [4.69, 9.17) is 4.98 Å². The molecule has 2 aliphatic heterocycles. The number of piperazine rings is 1. The first-order valence-corrected chi connectivity index (χ1v) is 9.68. The van der Waals surface area contributed by atoms with Crippen LogP contribution in [0.1, 0.15) is 18.4 Å². The van der Waals surface area contributed by atoms with Crippen LogP contribution in [0, 0.1) is 11.3 Å². The normalized spacial score (nSPS) is 20.6. The van der Waals surface area contributed by atoms with Crippen molar-refractivity contribution in [2.45, 2.75) is 24.9 Å².